The summed E-state index contributed by atoms with van der Waals surface area (Å²) in [6.45, 7) is 3.21. The number of pyridine rings is 1. The largest absolute Gasteiger partial charge is 0.368 e. The van der Waals surface area contributed by atoms with Gasteiger partial charge < -0.3 is 15.1 Å². The molecular weight excluding hydrogens is 364 g/mol. The van der Waals surface area contributed by atoms with E-state index in [9.17, 15) is 9.59 Å². The van der Waals surface area contributed by atoms with E-state index in [1.165, 1.54) is 0 Å². The zero-order chi connectivity index (χ0) is 19.1. The molecule has 0 radical (unpaired) electrons. The van der Waals surface area contributed by atoms with Crippen LogP contribution in [0.3, 0.4) is 0 Å². The molecule has 1 aliphatic heterocycles. The Hall–Kier alpha value is -2.60. The summed E-state index contributed by atoms with van der Waals surface area (Å²) in [5.74, 6) is -0.111. The first-order valence-electron chi connectivity index (χ1n) is 9.07. The van der Waals surface area contributed by atoms with Crippen LogP contribution in [0.4, 0.5) is 5.69 Å². The molecule has 0 unspecified atom stereocenters. The third-order valence-electron chi connectivity index (χ3n) is 4.56. The fraction of sp³-hybridized carbons (Fsp3) is 0.350. The van der Waals surface area contributed by atoms with E-state index < -0.39 is 0 Å². The highest BCUT2D eigenvalue weighted by Crippen LogP contribution is 2.21. The number of carbonyl (C=O) groups is 2. The van der Waals surface area contributed by atoms with E-state index in [4.69, 9.17) is 11.6 Å². The first kappa shape index (κ1) is 19.2. The third kappa shape index (κ3) is 5.69. The number of hydrogen-bond acceptors (Lipinski definition) is 4. The van der Waals surface area contributed by atoms with Crippen molar-refractivity contribution >= 4 is 29.1 Å². The molecule has 2 heterocycles. The summed E-state index contributed by atoms with van der Waals surface area (Å²) in [6, 6.07) is 13.3. The van der Waals surface area contributed by atoms with Crippen LogP contribution >= 0.6 is 11.6 Å². The lowest BCUT2D eigenvalue weighted by atomic mass is 10.2. The van der Waals surface area contributed by atoms with Gasteiger partial charge in [0.05, 0.1) is 12.2 Å². The standard InChI is InChI=1S/C20H23ClN4O2/c21-16-4-3-6-18(14-16)24-10-12-25(13-11-24)20(27)8-7-19(26)23-15-17-5-1-2-9-22-17/h1-6,9,14H,7-8,10-13,15H2,(H,23,26). The summed E-state index contributed by atoms with van der Waals surface area (Å²) in [6.07, 6.45) is 2.11. The Morgan fingerprint density at radius 2 is 1.85 bits per heavy atom. The molecule has 1 aliphatic rings. The van der Waals surface area contributed by atoms with E-state index in [1.807, 2.05) is 47.4 Å². The van der Waals surface area contributed by atoms with E-state index in [0.29, 0.717) is 24.7 Å². The Kier molecular flexibility index (Phi) is 6.65. The lowest BCUT2D eigenvalue weighted by molar-refractivity contribution is -0.133. The van der Waals surface area contributed by atoms with E-state index in [-0.39, 0.29) is 24.7 Å². The monoisotopic (exact) mass is 386 g/mol. The Morgan fingerprint density at radius 1 is 1.04 bits per heavy atom. The lowest BCUT2D eigenvalue weighted by Gasteiger charge is -2.36. The number of carbonyl (C=O) groups excluding carboxylic acids is 2. The summed E-state index contributed by atoms with van der Waals surface area (Å²) in [5, 5.41) is 3.51. The van der Waals surface area contributed by atoms with Crippen molar-refractivity contribution in [3.63, 3.8) is 0 Å². The zero-order valence-electron chi connectivity index (χ0n) is 15.1. The van der Waals surface area contributed by atoms with Gasteiger partial charge in [-0.2, -0.15) is 0 Å². The molecule has 1 aromatic carbocycles. The summed E-state index contributed by atoms with van der Waals surface area (Å²) >= 11 is 6.05. The van der Waals surface area contributed by atoms with Gasteiger partial charge in [-0.05, 0) is 30.3 Å². The van der Waals surface area contributed by atoms with Crippen LogP contribution in [0, 0.1) is 0 Å². The molecule has 0 spiro atoms. The van der Waals surface area contributed by atoms with Crippen LogP contribution in [0.5, 0.6) is 0 Å². The molecule has 1 N–H and O–H groups in total. The number of piperazine rings is 1. The smallest absolute Gasteiger partial charge is 0.223 e. The van der Waals surface area contributed by atoms with Crippen LogP contribution in [0.1, 0.15) is 18.5 Å². The van der Waals surface area contributed by atoms with Gasteiger partial charge in [-0.25, -0.2) is 0 Å². The first-order chi connectivity index (χ1) is 13.1. The average Bonchev–Trinajstić information content (AvgIpc) is 2.71. The van der Waals surface area contributed by atoms with Crippen LogP contribution in [-0.4, -0.2) is 47.9 Å². The second-order valence-electron chi connectivity index (χ2n) is 6.45. The quantitative estimate of drug-likeness (QED) is 0.828. The molecule has 1 saturated heterocycles. The van der Waals surface area contributed by atoms with Crippen molar-refractivity contribution in [2.75, 3.05) is 31.1 Å². The van der Waals surface area contributed by atoms with E-state index in [1.54, 1.807) is 6.20 Å². The maximum atomic E-state index is 12.4. The minimum Gasteiger partial charge on any atom is -0.368 e. The molecule has 1 aromatic heterocycles. The molecule has 0 aliphatic carbocycles. The van der Waals surface area contributed by atoms with Crippen LogP contribution in [0.2, 0.25) is 5.02 Å². The lowest BCUT2D eigenvalue weighted by Crippen LogP contribution is -2.49. The fourth-order valence-electron chi connectivity index (χ4n) is 3.05. The number of rotatable bonds is 6. The maximum Gasteiger partial charge on any atom is 0.223 e. The maximum absolute atomic E-state index is 12.4. The number of nitrogens with one attached hydrogen (secondary N) is 1. The van der Waals surface area contributed by atoms with Gasteiger partial charge in [-0.15, -0.1) is 0 Å². The third-order valence-corrected chi connectivity index (χ3v) is 4.80. The topological polar surface area (TPSA) is 65.5 Å². The molecule has 2 amide bonds. The number of nitrogens with zero attached hydrogens (tertiary/aromatic N) is 3. The van der Waals surface area contributed by atoms with Gasteiger partial charge in [0.2, 0.25) is 11.8 Å². The number of hydrogen-bond donors (Lipinski definition) is 1. The number of amides is 2. The van der Waals surface area contributed by atoms with Gasteiger partial charge in [0.25, 0.3) is 0 Å². The highest BCUT2D eigenvalue weighted by molar-refractivity contribution is 6.30. The summed E-state index contributed by atoms with van der Waals surface area (Å²) in [4.78, 5) is 32.5. The fourth-order valence-corrected chi connectivity index (χ4v) is 3.23. The minimum atomic E-state index is -0.133. The first-order valence-corrected chi connectivity index (χ1v) is 9.44. The van der Waals surface area contributed by atoms with Crippen LogP contribution in [0.15, 0.2) is 48.7 Å². The normalized spacial score (nSPS) is 14.1. The van der Waals surface area contributed by atoms with E-state index in [0.717, 1.165) is 24.5 Å². The van der Waals surface area contributed by atoms with Crippen LogP contribution in [-0.2, 0) is 16.1 Å². The second kappa shape index (κ2) is 9.37. The summed E-state index contributed by atoms with van der Waals surface area (Å²) in [5.41, 5.74) is 1.87. The van der Waals surface area contributed by atoms with E-state index in [2.05, 4.69) is 15.2 Å². The average molecular weight is 387 g/mol. The molecule has 3 rings (SSSR count). The van der Waals surface area contributed by atoms with Crippen molar-refractivity contribution in [2.45, 2.75) is 19.4 Å². The highest BCUT2D eigenvalue weighted by atomic mass is 35.5. The second-order valence-corrected chi connectivity index (χ2v) is 6.88. The predicted octanol–water partition coefficient (Wildman–Crippen LogP) is 2.48. The molecule has 0 saturated carbocycles. The molecule has 0 atom stereocenters. The van der Waals surface area contributed by atoms with Crippen molar-refractivity contribution in [3.8, 4) is 0 Å². The van der Waals surface area contributed by atoms with Gasteiger partial charge in [-0.3, -0.25) is 14.6 Å². The SMILES string of the molecule is O=C(CCC(=O)N1CCN(c2cccc(Cl)c2)CC1)NCc1ccccn1. The Labute approximate surface area is 164 Å². The number of halogens is 1. The molecule has 27 heavy (non-hydrogen) atoms. The molecule has 0 bridgehead atoms. The Morgan fingerprint density at radius 3 is 2.56 bits per heavy atom. The number of anilines is 1. The minimum absolute atomic E-state index is 0.0220. The Balaban J connectivity index is 1.38. The number of benzene rings is 1. The van der Waals surface area contributed by atoms with Gasteiger partial charge in [0.15, 0.2) is 0 Å². The highest BCUT2D eigenvalue weighted by Gasteiger charge is 2.21. The molecule has 1 fully saturated rings. The predicted molar refractivity (Wildman–Crippen MR) is 106 cm³/mol. The molecule has 2 aromatic rings. The molecular formula is C20H23ClN4O2. The summed E-state index contributed by atoms with van der Waals surface area (Å²) < 4.78 is 0. The van der Waals surface area contributed by atoms with E-state index >= 15 is 0 Å². The van der Waals surface area contributed by atoms with Crippen molar-refractivity contribution < 1.29 is 9.59 Å². The van der Waals surface area contributed by atoms with Crippen molar-refractivity contribution in [2.24, 2.45) is 0 Å². The van der Waals surface area contributed by atoms with Crippen molar-refractivity contribution in [1.82, 2.24) is 15.2 Å². The van der Waals surface area contributed by atoms with Crippen molar-refractivity contribution in [3.05, 3.63) is 59.4 Å². The number of aromatic nitrogens is 1. The molecule has 6 nitrogen and oxygen atoms in total. The summed E-state index contributed by atoms with van der Waals surface area (Å²) in [7, 11) is 0. The van der Waals surface area contributed by atoms with Gasteiger partial charge >= 0.3 is 0 Å². The van der Waals surface area contributed by atoms with Crippen molar-refractivity contribution in [1.29, 1.82) is 0 Å². The van der Waals surface area contributed by atoms with Gasteiger partial charge in [0, 0.05) is 55.9 Å². The van der Waals surface area contributed by atoms with Gasteiger partial charge in [0.1, 0.15) is 0 Å². The van der Waals surface area contributed by atoms with Crippen LogP contribution < -0.4 is 10.2 Å². The zero-order valence-corrected chi connectivity index (χ0v) is 15.9. The van der Waals surface area contributed by atoms with Gasteiger partial charge in [-0.1, -0.05) is 23.7 Å². The molecule has 142 valence electrons. The molecule has 7 heteroatoms. The van der Waals surface area contributed by atoms with Crippen LogP contribution in [0.25, 0.3) is 0 Å². The Bertz CT molecular complexity index is 777.